The molecule has 1 fully saturated rings. The van der Waals surface area contributed by atoms with Crippen LogP contribution in [0.4, 0.5) is 4.79 Å². The monoisotopic (exact) mass is 273 g/mol. The zero-order valence-electron chi connectivity index (χ0n) is 11.9. The van der Waals surface area contributed by atoms with E-state index >= 15 is 0 Å². The Labute approximate surface area is 121 Å². The van der Waals surface area contributed by atoms with Gasteiger partial charge in [-0.3, -0.25) is 0 Å². The molecule has 20 heavy (non-hydrogen) atoms. The number of carbonyl (C=O) groups is 1. The van der Waals surface area contributed by atoms with Crippen LogP contribution in [0.25, 0.3) is 0 Å². The van der Waals surface area contributed by atoms with Crippen LogP contribution in [-0.4, -0.2) is 12.1 Å². The number of carbonyl (C=O) groups excluding carboxylic acids is 1. The van der Waals surface area contributed by atoms with Gasteiger partial charge in [-0.25, -0.2) is 4.79 Å². The van der Waals surface area contributed by atoms with Gasteiger partial charge < -0.3 is 10.1 Å². The molecule has 0 saturated heterocycles. The van der Waals surface area contributed by atoms with Gasteiger partial charge in [0.25, 0.3) is 0 Å². The van der Waals surface area contributed by atoms with Crippen molar-refractivity contribution in [2.45, 2.75) is 44.8 Å². The average molecular weight is 273 g/mol. The van der Waals surface area contributed by atoms with Crippen LogP contribution in [0.1, 0.15) is 37.7 Å². The molecule has 3 nitrogen and oxygen atoms in total. The predicted octanol–water partition coefficient (Wildman–Crippen LogP) is 4.05. The first-order valence-corrected chi connectivity index (χ1v) is 7.37. The van der Waals surface area contributed by atoms with Crippen LogP contribution in [0.2, 0.25) is 0 Å². The molecular weight excluding hydrogens is 250 g/mol. The summed E-state index contributed by atoms with van der Waals surface area (Å²) < 4.78 is 5.27. The van der Waals surface area contributed by atoms with Crippen LogP contribution >= 0.6 is 0 Å². The Hall–Kier alpha value is -1.77. The molecule has 1 aliphatic carbocycles. The molecule has 1 N–H and O–H groups in total. The van der Waals surface area contributed by atoms with Crippen molar-refractivity contribution in [2.75, 3.05) is 0 Å². The van der Waals surface area contributed by atoms with Gasteiger partial charge in [-0.1, -0.05) is 36.4 Å². The van der Waals surface area contributed by atoms with E-state index in [0.29, 0.717) is 12.5 Å². The molecule has 3 heteroatoms. The van der Waals surface area contributed by atoms with Crippen molar-refractivity contribution in [1.82, 2.24) is 5.32 Å². The van der Waals surface area contributed by atoms with Crippen molar-refractivity contribution >= 4 is 6.09 Å². The number of nitrogens with one attached hydrogen (secondary N) is 1. The fraction of sp³-hybridized carbons (Fsp3) is 0.471. The summed E-state index contributed by atoms with van der Waals surface area (Å²) in [6.07, 6.45) is 7.15. The standard InChI is InChI=1S/C17H23NO2/c1-2-3-5-10-16(15-11-12-15)18-17(19)20-13-14-8-6-4-7-9-14/h2,4,6-9,15-16H,1,3,5,10-13H2,(H,18,19). The van der Waals surface area contributed by atoms with E-state index in [0.717, 1.165) is 24.8 Å². The first kappa shape index (κ1) is 14.6. The lowest BCUT2D eigenvalue weighted by molar-refractivity contribution is 0.133. The molecule has 0 bridgehead atoms. The van der Waals surface area contributed by atoms with E-state index in [-0.39, 0.29) is 12.1 Å². The normalized spacial score (nSPS) is 15.4. The quantitative estimate of drug-likeness (QED) is 0.573. The van der Waals surface area contributed by atoms with Crippen molar-refractivity contribution in [2.24, 2.45) is 5.92 Å². The van der Waals surface area contributed by atoms with E-state index in [1.165, 1.54) is 12.8 Å². The van der Waals surface area contributed by atoms with Crippen LogP contribution < -0.4 is 5.32 Å². The van der Waals surface area contributed by atoms with E-state index in [4.69, 9.17) is 4.74 Å². The topological polar surface area (TPSA) is 38.3 Å². The van der Waals surface area contributed by atoms with Crippen LogP contribution in [0.15, 0.2) is 43.0 Å². The summed E-state index contributed by atoms with van der Waals surface area (Å²) in [5.41, 5.74) is 1.01. The number of hydrogen-bond donors (Lipinski definition) is 1. The van der Waals surface area contributed by atoms with Gasteiger partial charge in [0.05, 0.1) is 0 Å². The zero-order chi connectivity index (χ0) is 14.2. The molecule has 1 saturated carbocycles. The van der Waals surface area contributed by atoms with E-state index in [1.54, 1.807) is 0 Å². The van der Waals surface area contributed by atoms with Crippen LogP contribution in [0, 0.1) is 5.92 Å². The van der Waals surface area contributed by atoms with Crippen LogP contribution in [0.3, 0.4) is 0 Å². The predicted molar refractivity (Wildman–Crippen MR) is 80.3 cm³/mol. The minimum absolute atomic E-state index is 0.262. The Kier molecular flexibility index (Phi) is 5.66. The fourth-order valence-corrected chi connectivity index (χ4v) is 2.32. The molecule has 1 atom stereocenters. The van der Waals surface area contributed by atoms with Crippen molar-refractivity contribution in [3.05, 3.63) is 48.6 Å². The molecule has 1 aliphatic rings. The first-order chi connectivity index (χ1) is 9.79. The number of ether oxygens (including phenoxy) is 1. The van der Waals surface area contributed by atoms with Gasteiger partial charge in [0, 0.05) is 6.04 Å². The number of alkyl carbamates (subject to hydrolysis) is 1. The largest absolute Gasteiger partial charge is 0.445 e. The molecule has 0 spiro atoms. The second-order valence-electron chi connectivity index (χ2n) is 5.37. The summed E-state index contributed by atoms with van der Waals surface area (Å²) in [5.74, 6) is 0.643. The third-order valence-corrected chi connectivity index (χ3v) is 3.63. The minimum atomic E-state index is -0.302. The van der Waals surface area contributed by atoms with Gasteiger partial charge in [-0.05, 0) is 43.6 Å². The molecule has 2 rings (SSSR count). The number of benzene rings is 1. The van der Waals surface area contributed by atoms with Crippen molar-refractivity contribution in [1.29, 1.82) is 0 Å². The SMILES string of the molecule is C=CCCCC(NC(=O)OCc1ccccc1)C1CC1. The lowest BCUT2D eigenvalue weighted by Crippen LogP contribution is -2.36. The zero-order valence-corrected chi connectivity index (χ0v) is 11.9. The maximum absolute atomic E-state index is 11.8. The Morgan fingerprint density at radius 1 is 1.40 bits per heavy atom. The highest BCUT2D eigenvalue weighted by Crippen LogP contribution is 2.34. The second kappa shape index (κ2) is 7.73. The highest BCUT2D eigenvalue weighted by Gasteiger charge is 2.32. The van der Waals surface area contributed by atoms with Gasteiger partial charge >= 0.3 is 6.09 Å². The summed E-state index contributed by atoms with van der Waals surface area (Å²) in [6, 6.07) is 10.0. The van der Waals surface area contributed by atoms with Gasteiger partial charge in [0.2, 0.25) is 0 Å². The highest BCUT2D eigenvalue weighted by molar-refractivity contribution is 5.67. The minimum Gasteiger partial charge on any atom is -0.445 e. The third-order valence-electron chi connectivity index (χ3n) is 3.63. The van der Waals surface area contributed by atoms with Gasteiger partial charge in [-0.15, -0.1) is 6.58 Å². The molecule has 108 valence electrons. The molecule has 0 aliphatic heterocycles. The van der Waals surface area contributed by atoms with E-state index in [1.807, 2.05) is 36.4 Å². The van der Waals surface area contributed by atoms with Gasteiger partial charge in [-0.2, -0.15) is 0 Å². The number of allylic oxidation sites excluding steroid dienone is 1. The Bertz CT molecular complexity index is 426. The third kappa shape index (κ3) is 5.08. The number of unbranched alkanes of at least 4 members (excludes halogenated alkanes) is 1. The number of hydrogen-bond acceptors (Lipinski definition) is 2. The van der Waals surface area contributed by atoms with Crippen molar-refractivity contribution in [3.8, 4) is 0 Å². The van der Waals surface area contributed by atoms with E-state index in [9.17, 15) is 4.79 Å². The van der Waals surface area contributed by atoms with Crippen LogP contribution in [-0.2, 0) is 11.3 Å². The molecule has 0 radical (unpaired) electrons. The maximum Gasteiger partial charge on any atom is 0.407 e. The lowest BCUT2D eigenvalue weighted by atomic mass is 10.1. The lowest BCUT2D eigenvalue weighted by Gasteiger charge is -2.17. The number of rotatable bonds is 8. The molecular formula is C17H23NO2. The van der Waals surface area contributed by atoms with E-state index in [2.05, 4.69) is 11.9 Å². The molecule has 0 aromatic heterocycles. The number of amides is 1. The fourth-order valence-electron chi connectivity index (χ4n) is 2.32. The van der Waals surface area contributed by atoms with Crippen molar-refractivity contribution < 1.29 is 9.53 Å². The molecule has 1 aromatic rings. The Balaban J connectivity index is 1.72. The summed E-state index contributed by atoms with van der Waals surface area (Å²) in [4.78, 5) is 11.8. The second-order valence-corrected chi connectivity index (χ2v) is 5.37. The summed E-state index contributed by atoms with van der Waals surface area (Å²) in [7, 11) is 0. The average Bonchev–Trinajstić information content (AvgIpc) is 3.30. The molecule has 0 heterocycles. The summed E-state index contributed by atoms with van der Waals surface area (Å²) >= 11 is 0. The van der Waals surface area contributed by atoms with Crippen LogP contribution in [0.5, 0.6) is 0 Å². The summed E-state index contributed by atoms with van der Waals surface area (Å²) in [5, 5.41) is 3.01. The van der Waals surface area contributed by atoms with Gasteiger partial charge in [0.1, 0.15) is 6.61 Å². The van der Waals surface area contributed by atoms with Crippen molar-refractivity contribution in [3.63, 3.8) is 0 Å². The molecule has 1 amide bonds. The highest BCUT2D eigenvalue weighted by atomic mass is 16.5. The smallest absolute Gasteiger partial charge is 0.407 e. The Morgan fingerprint density at radius 2 is 2.15 bits per heavy atom. The first-order valence-electron chi connectivity index (χ1n) is 7.37. The summed E-state index contributed by atoms with van der Waals surface area (Å²) in [6.45, 7) is 4.06. The van der Waals surface area contributed by atoms with E-state index < -0.39 is 0 Å². The maximum atomic E-state index is 11.8. The van der Waals surface area contributed by atoms with Gasteiger partial charge in [0.15, 0.2) is 0 Å². The molecule has 1 aromatic carbocycles. The Morgan fingerprint density at radius 3 is 2.80 bits per heavy atom. The molecule has 1 unspecified atom stereocenters.